The zero-order valence-corrected chi connectivity index (χ0v) is 19.1. The van der Waals surface area contributed by atoms with Gasteiger partial charge in [0.05, 0.1) is 0 Å². The van der Waals surface area contributed by atoms with Gasteiger partial charge in [0.2, 0.25) is 10.0 Å². The minimum atomic E-state index is -3.53. The lowest BCUT2D eigenvalue weighted by molar-refractivity contribution is 0.134. The van der Waals surface area contributed by atoms with Gasteiger partial charge in [0.25, 0.3) is 0 Å². The molecule has 6 nitrogen and oxygen atoms in total. The molecule has 3 fully saturated rings. The summed E-state index contributed by atoms with van der Waals surface area (Å²) in [5.74, 6) is 2.80. The molecule has 0 N–H and O–H groups in total. The van der Waals surface area contributed by atoms with Crippen LogP contribution in [-0.4, -0.2) is 66.9 Å². The number of pyridine rings is 1. The molecule has 0 radical (unpaired) electrons. The molecule has 29 heavy (non-hydrogen) atoms. The molecule has 2 bridgehead atoms. The number of rotatable bonds is 6. The fourth-order valence-corrected chi connectivity index (χ4v) is 7.71. The predicted octanol–water partition coefficient (Wildman–Crippen LogP) is 3.20. The van der Waals surface area contributed by atoms with Gasteiger partial charge in [-0.2, -0.15) is 4.31 Å². The van der Waals surface area contributed by atoms with Gasteiger partial charge in [0, 0.05) is 50.5 Å². The third kappa shape index (κ3) is 4.06. The maximum Gasteiger partial charge on any atom is 0.245 e. The molecule has 0 aromatic carbocycles. The summed E-state index contributed by atoms with van der Waals surface area (Å²) in [5.41, 5.74) is 0. The first kappa shape index (κ1) is 21.1. The lowest BCUT2D eigenvalue weighted by Gasteiger charge is -2.41. The number of aromatic nitrogens is 1. The summed E-state index contributed by atoms with van der Waals surface area (Å²) in [7, 11) is -3.53. The van der Waals surface area contributed by atoms with Crippen molar-refractivity contribution in [1.82, 2.24) is 14.2 Å². The van der Waals surface area contributed by atoms with Gasteiger partial charge in [-0.1, -0.05) is 6.42 Å². The molecule has 162 valence electrons. The van der Waals surface area contributed by atoms with E-state index in [1.165, 1.54) is 31.9 Å². The largest absolute Gasteiger partial charge is 0.354 e. The Morgan fingerprint density at radius 2 is 1.69 bits per heavy atom. The Kier molecular flexibility index (Phi) is 5.93. The monoisotopic (exact) mass is 420 g/mol. The molecule has 7 heteroatoms. The van der Waals surface area contributed by atoms with Crippen molar-refractivity contribution in [3.63, 3.8) is 0 Å². The normalized spacial score (nSPS) is 28.2. The van der Waals surface area contributed by atoms with Crippen molar-refractivity contribution in [2.45, 2.75) is 76.4 Å². The van der Waals surface area contributed by atoms with E-state index in [4.69, 9.17) is 0 Å². The highest BCUT2D eigenvalue weighted by Gasteiger charge is 2.42. The van der Waals surface area contributed by atoms with Crippen LogP contribution in [0.2, 0.25) is 0 Å². The average Bonchev–Trinajstić information content (AvgIpc) is 3.31. The molecule has 2 heterocycles. The van der Waals surface area contributed by atoms with Crippen molar-refractivity contribution in [2.75, 3.05) is 31.1 Å². The second-order valence-electron chi connectivity index (χ2n) is 9.64. The van der Waals surface area contributed by atoms with Crippen LogP contribution in [-0.2, 0) is 10.0 Å². The third-order valence-corrected chi connectivity index (χ3v) is 9.36. The maximum atomic E-state index is 13.0. The van der Waals surface area contributed by atoms with E-state index in [-0.39, 0.29) is 17.0 Å². The number of hydrogen-bond donors (Lipinski definition) is 0. The Morgan fingerprint density at radius 1 is 1.00 bits per heavy atom. The smallest absolute Gasteiger partial charge is 0.245 e. The Labute approximate surface area is 176 Å². The second kappa shape index (κ2) is 8.16. The van der Waals surface area contributed by atoms with Crippen LogP contribution in [0.4, 0.5) is 5.82 Å². The van der Waals surface area contributed by atoms with Gasteiger partial charge in [-0.25, -0.2) is 13.4 Å². The number of anilines is 1. The molecule has 3 aliphatic rings. The molecular formula is C22H36N4O2S. The molecule has 2 saturated carbocycles. The summed E-state index contributed by atoms with van der Waals surface area (Å²) in [6, 6.07) is 4.23. The van der Waals surface area contributed by atoms with Crippen LogP contribution >= 0.6 is 0 Å². The van der Waals surface area contributed by atoms with E-state index in [9.17, 15) is 8.42 Å². The Morgan fingerprint density at radius 3 is 2.17 bits per heavy atom. The number of piperazine rings is 1. The first-order chi connectivity index (χ1) is 13.8. The maximum absolute atomic E-state index is 13.0. The molecule has 0 amide bonds. The number of hydrogen-bond acceptors (Lipinski definition) is 5. The molecule has 3 atom stereocenters. The van der Waals surface area contributed by atoms with E-state index in [1.807, 2.05) is 33.8 Å². The molecule has 1 aromatic rings. The van der Waals surface area contributed by atoms with Crippen LogP contribution in [0.25, 0.3) is 0 Å². The molecular weight excluding hydrogens is 384 g/mol. The number of sulfonamides is 1. The van der Waals surface area contributed by atoms with Crippen molar-refractivity contribution in [2.24, 2.45) is 11.8 Å². The summed E-state index contributed by atoms with van der Waals surface area (Å²) >= 11 is 0. The predicted molar refractivity (Wildman–Crippen MR) is 117 cm³/mol. The summed E-state index contributed by atoms with van der Waals surface area (Å²) in [4.78, 5) is 9.80. The Balaban J connectivity index is 1.40. The summed E-state index contributed by atoms with van der Waals surface area (Å²) in [6.45, 7) is 11.8. The van der Waals surface area contributed by atoms with Gasteiger partial charge < -0.3 is 4.90 Å². The van der Waals surface area contributed by atoms with Crippen LogP contribution in [0.1, 0.15) is 53.4 Å². The highest BCUT2D eigenvalue weighted by atomic mass is 32.2. The molecule has 1 aromatic heterocycles. The lowest BCUT2D eigenvalue weighted by Crippen LogP contribution is -2.52. The second-order valence-corrected chi connectivity index (χ2v) is 11.5. The minimum Gasteiger partial charge on any atom is -0.354 e. The van der Waals surface area contributed by atoms with Gasteiger partial charge in [0.1, 0.15) is 10.7 Å². The first-order valence-corrected chi connectivity index (χ1v) is 12.7. The van der Waals surface area contributed by atoms with Crippen LogP contribution in [0, 0.1) is 11.8 Å². The van der Waals surface area contributed by atoms with Gasteiger partial charge in [-0.15, -0.1) is 0 Å². The van der Waals surface area contributed by atoms with Crippen molar-refractivity contribution < 1.29 is 8.42 Å². The van der Waals surface area contributed by atoms with Crippen molar-refractivity contribution >= 4 is 15.8 Å². The van der Waals surface area contributed by atoms with Crippen LogP contribution < -0.4 is 4.90 Å². The summed E-state index contributed by atoms with van der Waals surface area (Å²) in [5, 5.41) is 0. The zero-order valence-electron chi connectivity index (χ0n) is 18.3. The van der Waals surface area contributed by atoms with E-state index < -0.39 is 10.0 Å². The number of nitrogens with zero attached hydrogens (tertiary/aromatic N) is 4. The van der Waals surface area contributed by atoms with E-state index in [1.54, 1.807) is 10.4 Å². The fourth-order valence-electron chi connectivity index (χ4n) is 5.93. The highest BCUT2D eigenvalue weighted by Crippen LogP contribution is 2.46. The topological polar surface area (TPSA) is 56.8 Å². The third-order valence-electron chi connectivity index (χ3n) is 7.12. The standard InChI is InChI=1S/C22H36N4O2S/c1-16(2)26(17(3)4)29(27,28)20-7-8-22(23-15-20)25-11-9-24(10-12-25)21-14-18-5-6-19(21)13-18/h7-8,15-19,21H,5-6,9-14H2,1-4H3. The SMILES string of the molecule is CC(C)N(C(C)C)S(=O)(=O)c1ccc(N2CCN(C3CC4CCC3C4)CC2)nc1. The molecule has 1 aliphatic heterocycles. The van der Waals surface area contributed by atoms with Crippen LogP contribution in [0.3, 0.4) is 0 Å². The molecule has 0 spiro atoms. The lowest BCUT2D eigenvalue weighted by atomic mass is 9.93. The van der Waals surface area contributed by atoms with Crippen molar-refractivity contribution in [1.29, 1.82) is 0 Å². The fraction of sp³-hybridized carbons (Fsp3) is 0.773. The number of fused-ring (bicyclic) bond motifs is 2. The highest BCUT2D eigenvalue weighted by molar-refractivity contribution is 7.89. The van der Waals surface area contributed by atoms with Gasteiger partial charge in [-0.3, -0.25) is 4.90 Å². The van der Waals surface area contributed by atoms with Gasteiger partial charge >= 0.3 is 0 Å². The molecule has 1 saturated heterocycles. The minimum absolute atomic E-state index is 0.0846. The van der Waals surface area contributed by atoms with E-state index in [0.717, 1.165) is 49.9 Å². The average molecular weight is 421 g/mol. The first-order valence-electron chi connectivity index (χ1n) is 11.3. The van der Waals surface area contributed by atoms with E-state index in [2.05, 4.69) is 14.8 Å². The summed E-state index contributed by atoms with van der Waals surface area (Å²) in [6.07, 6.45) is 7.26. The van der Waals surface area contributed by atoms with Gasteiger partial charge in [-0.05, 0) is 70.9 Å². The van der Waals surface area contributed by atoms with Crippen LogP contribution in [0.5, 0.6) is 0 Å². The molecule has 2 aliphatic carbocycles. The Hall–Kier alpha value is -1.18. The zero-order chi connectivity index (χ0) is 20.8. The van der Waals surface area contributed by atoms with E-state index in [0.29, 0.717) is 0 Å². The van der Waals surface area contributed by atoms with Gasteiger partial charge in [0.15, 0.2) is 0 Å². The molecule has 3 unspecified atom stereocenters. The van der Waals surface area contributed by atoms with E-state index >= 15 is 0 Å². The Bertz CT molecular complexity index is 793. The van der Waals surface area contributed by atoms with Crippen molar-refractivity contribution in [3.8, 4) is 0 Å². The van der Waals surface area contributed by atoms with Crippen LogP contribution in [0.15, 0.2) is 23.2 Å². The summed E-state index contributed by atoms with van der Waals surface area (Å²) < 4.78 is 27.6. The van der Waals surface area contributed by atoms with Crippen molar-refractivity contribution in [3.05, 3.63) is 18.3 Å². The molecule has 4 rings (SSSR count). The quantitative estimate of drug-likeness (QED) is 0.707.